The summed E-state index contributed by atoms with van der Waals surface area (Å²) in [4.78, 5) is 2.07. The van der Waals surface area contributed by atoms with E-state index in [2.05, 4.69) is 34.5 Å². The molecule has 19 heavy (non-hydrogen) atoms. The van der Waals surface area contributed by atoms with Crippen LogP contribution in [0.2, 0.25) is 0 Å². The Hall–Kier alpha value is -2.03. The third kappa shape index (κ3) is 3.47. The van der Waals surface area contributed by atoms with Gasteiger partial charge in [0.2, 0.25) is 0 Å². The van der Waals surface area contributed by atoms with Crippen molar-refractivity contribution in [3.05, 3.63) is 59.4 Å². The third-order valence-corrected chi connectivity index (χ3v) is 3.11. The monoisotopic (exact) mass is 258 g/mol. The molecule has 1 N–H and O–H groups in total. The maximum absolute atomic E-state index is 13.1. The van der Waals surface area contributed by atoms with E-state index in [0.717, 1.165) is 12.2 Å². The summed E-state index contributed by atoms with van der Waals surface area (Å²) in [5.74, 6) is -0.166. The highest BCUT2D eigenvalue weighted by Gasteiger charge is 2.00. The molecule has 0 saturated carbocycles. The van der Waals surface area contributed by atoms with Gasteiger partial charge in [-0.25, -0.2) is 4.39 Å². The average molecular weight is 258 g/mol. The molecule has 2 nitrogen and oxygen atoms in total. The first-order valence-corrected chi connectivity index (χ1v) is 6.32. The van der Waals surface area contributed by atoms with Gasteiger partial charge in [-0.05, 0) is 48.4 Å². The van der Waals surface area contributed by atoms with Crippen molar-refractivity contribution in [3.63, 3.8) is 0 Å². The fourth-order valence-electron chi connectivity index (χ4n) is 1.87. The van der Waals surface area contributed by atoms with Crippen LogP contribution in [0, 0.1) is 12.7 Å². The molecule has 0 heterocycles. The smallest absolute Gasteiger partial charge is 0.126 e. The van der Waals surface area contributed by atoms with Gasteiger partial charge in [-0.1, -0.05) is 12.1 Å². The molecule has 3 heteroatoms. The molecule has 0 amide bonds. The van der Waals surface area contributed by atoms with E-state index >= 15 is 0 Å². The minimum atomic E-state index is -0.166. The van der Waals surface area contributed by atoms with Crippen LogP contribution in [0.25, 0.3) is 0 Å². The normalized spacial score (nSPS) is 10.3. The molecular weight excluding hydrogens is 239 g/mol. The van der Waals surface area contributed by atoms with Crippen LogP contribution < -0.4 is 10.2 Å². The Kier molecular flexibility index (Phi) is 4.05. The fourth-order valence-corrected chi connectivity index (χ4v) is 1.87. The number of halogens is 1. The van der Waals surface area contributed by atoms with Crippen molar-refractivity contribution in [1.82, 2.24) is 0 Å². The first-order chi connectivity index (χ1) is 9.06. The Morgan fingerprint density at radius 1 is 1.05 bits per heavy atom. The van der Waals surface area contributed by atoms with Crippen LogP contribution in [-0.2, 0) is 6.54 Å². The molecule has 2 aromatic rings. The van der Waals surface area contributed by atoms with E-state index in [1.54, 1.807) is 13.0 Å². The van der Waals surface area contributed by atoms with Crippen LogP contribution in [0.5, 0.6) is 0 Å². The predicted molar refractivity (Wildman–Crippen MR) is 79.2 cm³/mol. The van der Waals surface area contributed by atoms with Gasteiger partial charge in [0.25, 0.3) is 0 Å². The first kappa shape index (κ1) is 13.4. The molecule has 0 spiro atoms. The summed E-state index contributed by atoms with van der Waals surface area (Å²) in [5.41, 5.74) is 3.98. The van der Waals surface area contributed by atoms with Gasteiger partial charge in [-0.3, -0.25) is 0 Å². The Labute approximate surface area is 113 Å². The minimum absolute atomic E-state index is 0.166. The van der Waals surface area contributed by atoms with Crippen LogP contribution in [0.15, 0.2) is 42.5 Å². The zero-order valence-corrected chi connectivity index (χ0v) is 11.6. The summed E-state index contributed by atoms with van der Waals surface area (Å²) in [6, 6.07) is 13.4. The lowest BCUT2D eigenvalue weighted by Gasteiger charge is -2.13. The topological polar surface area (TPSA) is 15.3 Å². The molecule has 2 aromatic carbocycles. The Balaban J connectivity index is 2.00. The minimum Gasteiger partial charge on any atom is -0.381 e. The maximum atomic E-state index is 13.1. The number of hydrogen-bond donors (Lipinski definition) is 1. The number of rotatable bonds is 4. The Bertz CT molecular complexity index is 547. The molecule has 0 radical (unpaired) electrons. The van der Waals surface area contributed by atoms with Crippen molar-refractivity contribution in [1.29, 1.82) is 0 Å². The van der Waals surface area contributed by atoms with Crippen molar-refractivity contribution in [2.75, 3.05) is 24.3 Å². The van der Waals surface area contributed by atoms with E-state index in [-0.39, 0.29) is 5.82 Å². The molecule has 0 aliphatic heterocycles. The first-order valence-electron chi connectivity index (χ1n) is 6.32. The van der Waals surface area contributed by atoms with Gasteiger partial charge in [0.15, 0.2) is 0 Å². The van der Waals surface area contributed by atoms with Crippen molar-refractivity contribution >= 4 is 11.4 Å². The van der Waals surface area contributed by atoms with E-state index in [4.69, 9.17) is 0 Å². The summed E-state index contributed by atoms with van der Waals surface area (Å²) < 4.78 is 13.1. The largest absolute Gasteiger partial charge is 0.381 e. The molecule has 0 bridgehead atoms. The molecular formula is C16H19FN2. The van der Waals surface area contributed by atoms with E-state index < -0.39 is 0 Å². The molecule has 0 unspecified atom stereocenters. The molecule has 0 atom stereocenters. The summed E-state index contributed by atoms with van der Waals surface area (Å²) in [6.07, 6.45) is 0. The number of nitrogens with one attached hydrogen (secondary N) is 1. The summed E-state index contributed by atoms with van der Waals surface area (Å²) in [6.45, 7) is 2.51. The average Bonchev–Trinajstić information content (AvgIpc) is 2.40. The second-order valence-corrected chi connectivity index (χ2v) is 4.88. The van der Waals surface area contributed by atoms with Crippen molar-refractivity contribution in [2.24, 2.45) is 0 Å². The van der Waals surface area contributed by atoms with Gasteiger partial charge in [0.05, 0.1) is 0 Å². The van der Waals surface area contributed by atoms with Crippen molar-refractivity contribution < 1.29 is 4.39 Å². The second kappa shape index (κ2) is 5.74. The van der Waals surface area contributed by atoms with Gasteiger partial charge >= 0.3 is 0 Å². The number of anilines is 2. The highest BCUT2D eigenvalue weighted by molar-refractivity contribution is 5.49. The molecule has 0 aliphatic carbocycles. The number of nitrogens with zero attached hydrogens (tertiary/aromatic N) is 1. The van der Waals surface area contributed by atoms with Crippen molar-refractivity contribution in [3.8, 4) is 0 Å². The molecule has 100 valence electrons. The highest BCUT2D eigenvalue weighted by atomic mass is 19.1. The van der Waals surface area contributed by atoms with Crippen molar-refractivity contribution in [2.45, 2.75) is 13.5 Å². The van der Waals surface area contributed by atoms with Crippen LogP contribution in [0.4, 0.5) is 15.8 Å². The molecule has 0 saturated heterocycles. The fraction of sp³-hybridized carbons (Fsp3) is 0.250. The van der Waals surface area contributed by atoms with Crippen LogP contribution in [0.3, 0.4) is 0 Å². The quantitative estimate of drug-likeness (QED) is 0.897. The van der Waals surface area contributed by atoms with E-state index in [0.29, 0.717) is 5.56 Å². The predicted octanol–water partition coefficient (Wildman–Crippen LogP) is 3.81. The molecule has 0 fully saturated rings. The van der Waals surface area contributed by atoms with Gasteiger partial charge in [0, 0.05) is 32.0 Å². The lowest BCUT2D eigenvalue weighted by molar-refractivity contribution is 0.618. The van der Waals surface area contributed by atoms with Crippen LogP contribution in [-0.4, -0.2) is 14.1 Å². The Morgan fingerprint density at radius 3 is 2.32 bits per heavy atom. The molecule has 0 aliphatic rings. The summed E-state index contributed by atoms with van der Waals surface area (Å²) in [5, 5.41) is 3.30. The molecule has 0 aromatic heterocycles. The third-order valence-electron chi connectivity index (χ3n) is 3.11. The maximum Gasteiger partial charge on any atom is 0.126 e. The SMILES string of the molecule is Cc1cc(NCc2ccc(N(C)C)cc2)ccc1F. The van der Waals surface area contributed by atoms with Crippen LogP contribution >= 0.6 is 0 Å². The lowest BCUT2D eigenvalue weighted by Crippen LogP contribution is -2.08. The molecule has 2 rings (SSSR count). The van der Waals surface area contributed by atoms with Crippen LogP contribution in [0.1, 0.15) is 11.1 Å². The van der Waals surface area contributed by atoms with Gasteiger partial charge in [-0.2, -0.15) is 0 Å². The number of aryl methyl sites for hydroxylation is 1. The second-order valence-electron chi connectivity index (χ2n) is 4.88. The highest BCUT2D eigenvalue weighted by Crippen LogP contribution is 2.16. The Morgan fingerprint density at radius 2 is 1.74 bits per heavy atom. The summed E-state index contributed by atoms with van der Waals surface area (Å²) >= 11 is 0. The number of benzene rings is 2. The van der Waals surface area contributed by atoms with Gasteiger partial charge in [-0.15, -0.1) is 0 Å². The van der Waals surface area contributed by atoms with Gasteiger partial charge in [0.1, 0.15) is 5.82 Å². The van der Waals surface area contributed by atoms with E-state index in [9.17, 15) is 4.39 Å². The van der Waals surface area contributed by atoms with E-state index in [1.807, 2.05) is 20.2 Å². The standard InChI is InChI=1S/C16H19FN2/c1-12-10-14(6-9-16(12)17)18-11-13-4-7-15(8-5-13)19(2)3/h4-10,18H,11H2,1-3H3. The van der Waals surface area contributed by atoms with Gasteiger partial charge < -0.3 is 10.2 Å². The lowest BCUT2D eigenvalue weighted by atomic mass is 10.1. The zero-order chi connectivity index (χ0) is 13.8. The zero-order valence-electron chi connectivity index (χ0n) is 11.6. The summed E-state index contributed by atoms with van der Waals surface area (Å²) in [7, 11) is 4.04. The number of hydrogen-bond acceptors (Lipinski definition) is 2. The van der Waals surface area contributed by atoms with E-state index in [1.165, 1.54) is 17.3 Å².